The molecule has 1 unspecified atom stereocenters. The Balaban J connectivity index is 1.94. The Labute approximate surface area is 73.5 Å². The SMILES string of the molecule is O=CCCCCC1COCCN1. The van der Waals surface area contributed by atoms with Gasteiger partial charge in [-0.05, 0) is 12.8 Å². The number of carbonyl (C=O) groups is 1. The molecule has 0 amide bonds. The number of hydrogen-bond acceptors (Lipinski definition) is 3. The molecule has 0 aromatic carbocycles. The summed E-state index contributed by atoms with van der Waals surface area (Å²) < 4.78 is 5.31. The van der Waals surface area contributed by atoms with Crippen molar-refractivity contribution < 1.29 is 9.53 Å². The minimum atomic E-state index is 0.519. The number of nitrogens with one attached hydrogen (secondary N) is 1. The summed E-state index contributed by atoms with van der Waals surface area (Å²) in [7, 11) is 0. The van der Waals surface area contributed by atoms with Gasteiger partial charge in [0.25, 0.3) is 0 Å². The molecule has 1 rings (SSSR count). The van der Waals surface area contributed by atoms with E-state index in [1.54, 1.807) is 0 Å². The molecule has 1 N–H and O–H groups in total. The first-order chi connectivity index (χ1) is 5.93. The fourth-order valence-electron chi connectivity index (χ4n) is 1.42. The molecule has 0 bridgehead atoms. The van der Waals surface area contributed by atoms with E-state index >= 15 is 0 Å². The minimum Gasteiger partial charge on any atom is -0.379 e. The molecule has 0 spiro atoms. The summed E-state index contributed by atoms with van der Waals surface area (Å²) in [6.07, 6.45) is 4.97. The number of hydrogen-bond donors (Lipinski definition) is 1. The van der Waals surface area contributed by atoms with Crippen molar-refractivity contribution >= 4 is 6.29 Å². The van der Waals surface area contributed by atoms with Gasteiger partial charge in [0.2, 0.25) is 0 Å². The minimum absolute atomic E-state index is 0.519. The van der Waals surface area contributed by atoms with Crippen LogP contribution in [-0.2, 0) is 9.53 Å². The molecule has 1 fully saturated rings. The molecule has 0 saturated carbocycles. The van der Waals surface area contributed by atoms with E-state index in [4.69, 9.17) is 4.74 Å². The number of ether oxygens (including phenoxy) is 1. The second-order valence-corrected chi connectivity index (χ2v) is 3.18. The number of unbranched alkanes of at least 4 members (excludes halogenated alkanes) is 2. The molecule has 3 heteroatoms. The second-order valence-electron chi connectivity index (χ2n) is 3.18. The van der Waals surface area contributed by atoms with Crippen LogP contribution in [0, 0.1) is 0 Å². The number of aldehydes is 1. The van der Waals surface area contributed by atoms with E-state index in [1.165, 1.54) is 0 Å². The van der Waals surface area contributed by atoms with Gasteiger partial charge in [0.15, 0.2) is 0 Å². The summed E-state index contributed by atoms with van der Waals surface area (Å²) in [4.78, 5) is 10.0. The Kier molecular flexibility index (Phi) is 4.95. The molecule has 0 aromatic heterocycles. The first-order valence-electron chi connectivity index (χ1n) is 4.68. The van der Waals surface area contributed by atoms with Crippen molar-refractivity contribution in [1.29, 1.82) is 0 Å². The normalized spacial score (nSPS) is 23.8. The molecular formula is C9H17NO2. The Bertz CT molecular complexity index is 122. The molecule has 0 radical (unpaired) electrons. The van der Waals surface area contributed by atoms with Gasteiger partial charge < -0.3 is 14.8 Å². The van der Waals surface area contributed by atoms with E-state index in [1.807, 2.05) is 0 Å². The van der Waals surface area contributed by atoms with Crippen LogP contribution in [0.25, 0.3) is 0 Å². The maximum atomic E-state index is 10.0. The fourth-order valence-corrected chi connectivity index (χ4v) is 1.42. The molecule has 12 heavy (non-hydrogen) atoms. The van der Waals surface area contributed by atoms with Gasteiger partial charge >= 0.3 is 0 Å². The molecule has 0 aromatic rings. The van der Waals surface area contributed by atoms with Crippen molar-refractivity contribution in [3.05, 3.63) is 0 Å². The van der Waals surface area contributed by atoms with Crippen LogP contribution in [0.2, 0.25) is 0 Å². The highest BCUT2D eigenvalue weighted by atomic mass is 16.5. The average Bonchev–Trinajstić information content (AvgIpc) is 2.14. The maximum Gasteiger partial charge on any atom is 0.119 e. The van der Waals surface area contributed by atoms with Crippen molar-refractivity contribution in [2.75, 3.05) is 19.8 Å². The van der Waals surface area contributed by atoms with Crippen LogP contribution >= 0.6 is 0 Å². The van der Waals surface area contributed by atoms with Crippen molar-refractivity contribution in [3.8, 4) is 0 Å². The van der Waals surface area contributed by atoms with Crippen molar-refractivity contribution in [2.45, 2.75) is 31.7 Å². The first kappa shape index (κ1) is 9.68. The Hall–Kier alpha value is -0.410. The summed E-state index contributed by atoms with van der Waals surface area (Å²) in [5, 5.41) is 3.38. The third-order valence-corrected chi connectivity index (χ3v) is 2.12. The van der Waals surface area contributed by atoms with Gasteiger partial charge in [0.05, 0.1) is 13.2 Å². The molecular weight excluding hydrogens is 154 g/mol. The highest BCUT2D eigenvalue weighted by Crippen LogP contribution is 2.05. The van der Waals surface area contributed by atoms with Crippen LogP contribution < -0.4 is 5.32 Å². The average molecular weight is 171 g/mol. The lowest BCUT2D eigenvalue weighted by molar-refractivity contribution is -0.107. The zero-order chi connectivity index (χ0) is 8.65. The van der Waals surface area contributed by atoms with Crippen molar-refractivity contribution in [2.24, 2.45) is 0 Å². The summed E-state index contributed by atoms with van der Waals surface area (Å²) in [5.74, 6) is 0. The van der Waals surface area contributed by atoms with Gasteiger partial charge in [-0.2, -0.15) is 0 Å². The summed E-state index contributed by atoms with van der Waals surface area (Å²) in [6, 6.07) is 0.519. The predicted molar refractivity (Wildman–Crippen MR) is 47.1 cm³/mol. The maximum absolute atomic E-state index is 10.0. The number of carbonyl (C=O) groups excluding carboxylic acids is 1. The number of morpholine rings is 1. The monoisotopic (exact) mass is 171 g/mol. The van der Waals surface area contributed by atoms with Gasteiger partial charge in [-0.15, -0.1) is 0 Å². The third-order valence-electron chi connectivity index (χ3n) is 2.12. The Morgan fingerprint density at radius 3 is 3.08 bits per heavy atom. The molecule has 1 aliphatic rings. The zero-order valence-electron chi connectivity index (χ0n) is 7.42. The summed E-state index contributed by atoms with van der Waals surface area (Å²) >= 11 is 0. The topological polar surface area (TPSA) is 38.3 Å². The highest BCUT2D eigenvalue weighted by Gasteiger charge is 2.11. The van der Waals surface area contributed by atoms with E-state index in [-0.39, 0.29) is 0 Å². The van der Waals surface area contributed by atoms with Crippen molar-refractivity contribution in [1.82, 2.24) is 5.32 Å². The third kappa shape index (κ3) is 3.83. The molecule has 1 heterocycles. The fraction of sp³-hybridized carbons (Fsp3) is 0.889. The van der Waals surface area contributed by atoms with Crippen molar-refractivity contribution in [3.63, 3.8) is 0 Å². The predicted octanol–water partition coefficient (Wildman–Crippen LogP) is 0.734. The van der Waals surface area contributed by atoms with Crippen LogP contribution in [0.1, 0.15) is 25.7 Å². The molecule has 0 aliphatic carbocycles. The molecule has 70 valence electrons. The molecule has 1 saturated heterocycles. The summed E-state index contributed by atoms with van der Waals surface area (Å²) in [6.45, 7) is 2.64. The molecule has 1 aliphatic heterocycles. The smallest absolute Gasteiger partial charge is 0.119 e. The van der Waals surface area contributed by atoms with E-state index in [2.05, 4.69) is 5.32 Å². The largest absolute Gasteiger partial charge is 0.379 e. The van der Waals surface area contributed by atoms with Gasteiger partial charge in [0.1, 0.15) is 6.29 Å². The molecule has 3 nitrogen and oxygen atoms in total. The Morgan fingerprint density at radius 1 is 1.50 bits per heavy atom. The second kappa shape index (κ2) is 6.14. The van der Waals surface area contributed by atoms with Crippen LogP contribution in [0.4, 0.5) is 0 Å². The quantitative estimate of drug-likeness (QED) is 0.489. The lowest BCUT2D eigenvalue weighted by Gasteiger charge is -2.23. The first-order valence-corrected chi connectivity index (χ1v) is 4.68. The molecule has 1 atom stereocenters. The van der Waals surface area contributed by atoms with E-state index in [9.17, 15) is 4.79 Å². The van der Waals surface area contributed by atoms with Gasteiger partial charge in [-0.25, -0.2) is 0 Å². The van der Waals surface area contributed by atoms with Gasteiger partial charge in [0, 0.05) is 19.0 Å². The standard InChI is InChI=1S/C9H17NO2/c11-6-3-1-2-4-9-8-12-7-5-10-9/h6,9-10H,1-5,7-8H2. The zero-order valence-corrected chi connectivity index (χ0v) is 7.42. The van der Waals surface area contributed by atoms with Crippen LogP contribution in [0.15, 0.2) is 0 Å². The lowest BCUT2D eigenvalue weighted by atomic mass is 10.1. The number of rotatable bonds is 5. The van der Waals surface area contributed by atoms with E-state index in [0.717, 1.165) is 45.3 Å². The van der Waals surface area contributed by atoms with Crippen LogP contribution in [-0.4, -0.2) is 32.1 Å². The lowest BCUT2D eigenvalue weighted by Crippen LogP contribution is -2.41. The summed E-state index contributed by atoms with van der Waals surface area (Å²) in [5.41, 5.74) is 0. The van der Waals surface area contributed by atoms with Gasteiger partial charge in [-0.1, -0.05) is 6.42 Å². The van der Waals surface area contributed by atoms with Gasteiger partial charge in [-0.3, -0.25) is 0 Å². The van der Waals surface area contributed by atoms with E-state index < -0.39 is 0 Å². The Morgan fingerprint density at radius 2 is 2.42 bits per heavy atom. The van der Waals surface area contributed by atoms with E-state index in [0.29, 0.717) is 12.5 Å². The highest BCUT2D eigenvalue weighted by molar-refractivity contribution is 5.48. The van der Waals surface area contributed by atoms with Crippen LogP contribution in [0.5, 0.6) is 0 Å². The van der Waals surface area contributed by atoms with Crippen LogP contribution in [0.3, 0.4) is 0 Å².